The van der Waals surface area contributed by atoms with Gasteiger partial charge in [0.2, 0.25) is 0 Å². The highest BCUT2D eigenvalue weighted by molar-refractivity contribution is 5.33. The predicted molar refractivity (Wildman–Crippen MR) is 83.5 cm³/mol. The zero-order valence-corrected chi connectivity index (χ0v) is 13.3. The average Bonchev–Trinajstić information content (AvgIpc) is 2.47. The average molecular weight is 293 g/mol. The molecule has 1 fully saturated rings. The van der Waals surface area contributed by atoms with Crippen molar-refractivity contribution in [2.24, 2.45) is 0 Å². The number of ether oxygens (including phenoxy) is 1. The van der Waals surface area contributed by atoms with E-state index in [-0.39, 0.29) is 0 Å². The molecule has 1 aliphatic rings. The Morgan fingerprint density at radius 1 is 1.14 bits per heavy atom. The molecule has 1 atom stereocenters. The first-order valence-electron chi connectivity index (χ1n) is 7.65. The maximum absolute atomic E-state index is 11.4. The Labute approximate surface area is 127 Å². The van der Waals surface area contributed by atoms with Gasteiger partial charge in [-0.05, 0) is 44.6 Å². The molecule has 1 aromatic carbocycles. The van der Waals surface area contributed by atoms with Gasteiger partial charge in [0, 0.05) is 6.54 Å². The summed E-state index contributed by atoms with van der Waals surface area (Å²) in [5.74, 6) is 0.751. The summed E-state index contributed by atoms with van der Waals surface area (Å²) in [5, 5.41) is 22.5. The van der Waals surface area contributed by atoms with E-state index in [0.717, 1.165) is 30.6 Å². The van der Waals surface area contributed by atoms with Crippen molar-refractivity contribution in [3.8, 4) is 5.75 Å². The van der Waals surface area contributed by atoms with Gasteiger partial charge in [0.05, 0.1) is 12.7 Å². The van der Waals surface area contributed by atoms with Crippen molar-refractivity contribution in [3.63, 3.8) is 0 Å². The number of hydrogen-bond donors (Lipinski definition) is 2. The molecule has 0 amide bonds. The zero-order valence-electron chi connectivity index (χ0n) is 13.3. The van der Waals surface area contributed by atoms with Gasteiger partial charge in [-0.1, -0.05) is 31.4 Å². The summed E-state index contributed by atoms with van der Waals surface area (Å²) >= 11 is 0. The van der Waals surface area contributed by atoms with Crippen molar-refractivity contribution in [3.05, 3.63) is 29.8 Å². The van der Waals surface area contributed by atoms with Crippen LogP contribution in [-0.4, -0.2) is 48.5 Å². The van der Waals surface area contributed by atoms with E-state index >= 15 is 0 Å². The molecular formula is C17H27NO3. The fourth-order valence-corrected chi connectivity index (χ4v) is 3.38. The van der Waals surface area contributed by atoms with Gasteiger partial charge in [0.1, 0.15) is 11.4 Å². The zero-order chi connectivity index (χ0) is 15.5. The minimum absolute atomic E-state index is 0.399. The Kier molecular flexibility index (Phi) is 4.91. The summed E-state index contributed by atoms with van der Waals surface area (Å²) in [4.78, 5) is 1.93. The van der Waals surface area contributed by atoms with Crippen LogP contribution in [0.3, 0.4) is 0 Å². The van der Waals surface area contributed by atoms with Crippen LogP contribution in [0.15, 0.2) is 24.3 Å². The fraction of sp³-hybridized carbons (Fsp3) is 0.647. The normalized spacial score (nSPS) is 21.0. The lowest BCUT2D eigenvalue weighted by Gasteiger charge is -2.47. The third kappa shape index (κ3) is 3.23. The van der Waals surface area contributed by atoms with Gasteiger partial charge in [0.15, 0.2) is 0 Å². The Hall–Kier alpha value is -1.10. The van der Waals surface area contributed by atoms with E-state index in [2.05, 4.69) is 0 Å². The number of rotatable bonds is 5. The van der Waals surface area contributed by atoms with Crippen LogP contribution in [-0.2, 0) is 5.60 Å². The van der Waals surface area contributed by atoms with Gasteiger partial charge in [-0.3, -0.25) is 0 Å². The molecule has 118 valence electrons. The summed E-state index contributed by atoms with van der Waals surface area (Å²) in [7, 11) is 5.46. The predicted octanol–water partition coefficient (Wildman–Crippen LogP) is 2.14. The lowest BCUT2D eigenvalue weighted by molar-refractivity contribution is -0.181. The summed E-state index contributed by atoms with van der Waals surface area (Å²) in [6.45, 7) is 0.399. The Balaban J connectivity index is 2.39. The molecule has 1 unspecified atom stereocenters. The van der Waals surface area contributed by atoms with Crippen LogP contribution in [0.2, 0.25) is 0 Å². The van der Waals surface area contributed by atoms with E-state index in [9.17, 15) is 10.2 Å². The van der Waals surface area contributed by atoms with Crippen molar-refractivity contribution < 1.29 is 14.9 Å². The fourth-order valence-electron chi connectivity index (χ4n) is 3.38. The summed E-state index contributed by atoms with van der Waals surface area (Å²) in [6, 6.07) is 7.38. The molecule has 2 rings (SSSR count). The maximum Gasteiger partial charge on any atom is 0.131 e. The Morgan fingerprint density at radius 3 is 2.19 bits per heavy atom. The van der Waals surface area contributed by atoms with Crippen LogP contribution in [0.25, 0.3) is 0 Å². The van der Waals surface area contributed by atoms with Gasteiger partial charge in [-0.15, -0.1) is 0 Å². The molecule has 4 nitrogen and oxygen atoms in total. The molecule has 4 heteroatoms. The molecule has 1 saturated carbocycles. The second kappa shape index (κ2) is 6.34. The van der Waals surface area contributed by atoms with Crippen LogP contribution in [0.4, 0.5) is 0 Å². The van der Waals surface area contributed by atoms with E-state index in [1.165, 1.54) is 0 Å². The topological polar surface area (TPSA) is 52.9 Å². The van der Waals surface area contributed by atoms with Crippen molar-refractivity contribution in [2.45, 2.75) is 43.3 Å². The molecule has 1 aromatic rings. The number of aliphatic hydroxyl groups is 2. The SMILES string of the molecule is COc1ccc(C(O)(CN(C)C)C2(O)CCCCC2)cc1. The minimum Gasteiger partial charge on any atom is -0.497 e. The third-order valence-corrected chi connectivity index (χ3v) is 4.56. The number of methoxy groups -OCH3 is 1. The first kappa shape index (κ1) is 16.3. The largest absolute Gasteiger partial charge is 0.497 e. The molecule has 0 aliphatic heterocycles. The molecule has 0 bridgehead atoms. The van der Waals surface area contributed by atoms with Gasteiger partial charge < -0.3 is 19.8 Å². The molecule has 21 heavy (non-hydrogen) atoms. The van der Waals surface area contributed by atoms with Crippen molar-refractivity contribution in [1.29, 1.82) is 0 Å². The summed E-state index contributed by atoms with van der Waals surface area (Å²) < 4.78 is 5.18. The van der Waals surface area contributed by atoms with Crippen LogP contribution in [0, 0.1) is 0 Å². The van der Waals surface area contributed by atoms with E-state index < -0.39 is 11.2 Å². The molecule has 0 heterocycles. The second-order valence-corrected chi connectivity index (χ2v) is 6.42. The first-order valence-corrected chi connectivity index (χ1v) is 7.65. The lowest BCUT2D eigenvalue weighted by atomic mass is 9.69. The van der Waals surface area contributed by atoms with Gasteiger partial charge in [-0.25, -0.2) is 0 Å². The highest BCUT2D eigenvalue weighted by Gasteiger charge is 2.50. The highest BCUT2D eigenvalue weighted by atomic mass is 16.5. The van der Waals surface area contributed by atoms with Crippen molar-refractivity contribution in [2.75, 3.05) is 27.7 Å². The van der Waals surface area contributed by atoms with E-state index in [1.54, 1.807) is 7.11 Å². The summed E-state index contributed by atoms with van der Waals surface area (Å²) in [5.41, 5.74) is -1.57. The van der Waals surface area contributed by atoms with E-state index in [0.29, 0.717) is 19.4 Å². The second-order valence-electron chi connectivity index (χ2n) is 6.42. The Morgan fingerprint density at radius 2 is 1.71 bits per heavy atom. The standard InChI is InChI=1S/C17H27NO3/c1-18(2)13-17(20,16(19)11-5-4-6-12-16)14-7-9-15(21-3)10-8-14/h7-10,19-20H,4-6,11-13H2,1-3H3. The quantitative estimate of drug-likeness (QED) is 0.873. The van der Waals surface area contributed by atoms with Crippen LogP contribution < -0.4 is 4.74 Å². The molecule has 0 aromatic heterocycles. The van der Waals surface area contributed by atoms with Crippen LogP contribution in [0.1, 0.15) is 37.7 Å². The number of nitrogens with zero attached hydrogens (tertiary/aromatic N) is 1. The highest BCUT2D eigenvalue weighted by Crippen LogP contribution is 2.43. The van der Waals surface area contributed by atoms with Crippen molar-refractivity contribution >= 4 is 0 Å². The molecular weight excluding hydrogens is 266 g/mol. The smallest absolute Gasteiger partial charge is 0.131 e. The molecule has 0 spiro atoms. The maximum atomic E-state index is 11.4. The molecule has 0 saturated heterocycles. The van der Waals surface area contributed by atoms with E-state index in [4.69, 9.17) is 4.74 Å². The number of benzene rings is 1. The van der Waals surface area contributed by atoms with Crippen molar-refractivity contribution in [1.82, 2.24) is 4.90 Å². The van der Waals surface area contributed by atoms with Crippen LogP contribution in [0.5, 0.6) is 5.75 Å². The first-order chi connectivity index (χ1) is 9.91. The minimum atomic E-state index is -1.26. The molecule has 0 radical (unpaired) electrons. The number of likely N-dealkylation sites (N-methyl/N-ethyl adjacent to an activating group) is 1. The van der Waals surface area contributed by atoms with Gasteiger partial charge >= 0.3 is 0 Å². The van der Waals surface area contributed by atoms with Crippen LogP contribution >= 0.6 is 0 Å². The third-order valence-electron chi connectivity index (χ3n) is 4.56. The molecule has 2 N–H and O–H groups in total. The molecule has 1 aliphatic carbocycles. The van der Waals surface area contributed by atoms with Gasteiger partial charge in [-0.2, -0.15) is 0 Å². The van der Waals surface area contributed by atoms with E-state index in [1.807, 2.05) is 43.3 Å². The Bertz CT molecular complexity index is 452. The summed E-state index contributed by atoms with van der Waals surface area (Å²) in [6.07, 6.45) is 4.33. The van der Waals surface area contributed by atoms with Gasteiger partial charge in [0.25, 0.3) is 0 Å². The monoisotopic (exact) mass is 293 g/mol. The number of hydrogen-bond acceptors (Lipinski definition) is 4. The lowest BCUT2D eigenvalue weighted by Crippen LogP contribution is -2.57.